The third-order valence-corrected chi connectivity index (χ3v) is 4.55. The maximum atomic E-state index is 12.2. The van der Waals surface area contributed by atoms with Crippen LogP contribution in [-0.4, -0.2) is 27.2 Å². The van der Waals surface area contributed by atoms with Gasteiger partial charge >= 0.3 is 5.97 Å². The standard InChI is InChI=1S/C19H19NO5S/c1-12(21)26-11-15-5-3-2-4-13(15)7-9-18(23)20-16-10-14(19(24)25)6-8-17(16)22/h2-6,8,10,22H,7,9,11H2,1H3,(H,20,23)(H,24,25). The van der Waals surface area contributed by atoms with Gasteiger partial charge in [0.2, 0.25) is 5.91 Å². The fraction of sp³-hybridized carbons (Fsp3) is 0.211. The molecule has 1 amide bonds. The van der Waals surface area contributed by atoms with Crippen LogP contribution in [0.4, 0.5) is 5.69 Å². The molecular weight excluding hydrogens is 354 g/mol. The number of carboxylic acid groups (broad SMARTS) is 1. The lowest BCUT2D eigenvalue weighted by Gasteiger charge is -2.10. The zero-order chi connectivity index (χ0) is 19.1. The summed E-state index contributed by atoms with van der Waals surface area (Å²) in [5.41, 5.74) is 2.01. The Morgan fingerprint density at radius 2 is 1.77 bits per heavy atom. The number of anilines is 1. The highest BCUT2D eigenvalue weighted by atomic mass is 32.2. The topological polar surface area (TPSA) is 104 Å². The molecule has 0 heterocycles. The molecule has 136 valence electrons. The number of hydrogen-bond acceptors (Lipinski definition) is 5. The van der Waals surface area contributed by atoms with E-state index in [1.807, 2.05) is 24.3 Å². The van der Waals surface area contributed by atoms with Crippen LogP contribution < -0.4 is 5.32 Å². The molecule has 2 aromatic rings. The lowest BCUT2D eigenvalue weighted by atomic mass is 10.0. The third kappa shape index (κ3) is 5.63. The molecule has 6 nitrogen and oxygen atoms in total. The van der Waals surface area contributed by atoms with Crippen LogP contribution in [-0.2, 0) is 21.8 Å². The van der Waals surface area contributed by atoms with Gasteiger partial charge in [0.15, 0.2) is 5.12 Å². The lowest BCUT2D eigenvalue weighted by molar-refractivity contribution is -0.116. The minimum atomic E-state index is -1.14. The number of aromatic hydroxyl groups is 1. The second kappa shape index (κ2) is 9.05. The molecule has 0 aliphatic carbocycles. The number of aryl methyl sites for hydroxylation is 1. The maximum Gasteiger partial charge on any atom is 0.335 e. The van der Waals surface area contributed by atoms with E-state index in [-0.39, 0.29) is 34.4 Å². The zero-order valence-corrected chi connectivity index (χ0v) is 15.0. The first-order chi connectivity index (χ1) is 12.4. The third-order valence-electron chi connectivity index (χ3n) is 3.69. The van der Waals surface area contributed by atoms with Crippen molar-refractivity contribution in [3.8, 4) is 5.75 Å². The van der Waals surface area contributed by atoms with E-state index >= 15 is 0 Å². The first-order valence-corrected chi connectivity index (χ1v) is 8.91. The van der Waals surface area contributed by atoms with Gasteiger partial charge in [-0.25, -0.2) is 4.79 Å². The number of carboxylic acids is 1. The quantitative estimate of drug-likeness (QED) is 0.642. The number of aromatic carboxylic acids is 1. The van der Waals surface area contributed by atoms with Crippen LogP contribution in [0.2, 0.25) is 0 Å². The summed E-state index contributed by atoms with van der Waals surface area (Å²) in [6.07, 6.45) is 0.637. The number of phenolic OH excluding ortho intramolecular Hbond substituents is 1. The van der Waals surface area contributed by atoms with Crippen molar-refractivity contribution in [2.75, 3.05) is 5.32 Å². The largest absolute Gasteiger partial charge is 0.506 e. The van der Waals surface area contributed by atoms with E-state index < -0.39 is 5.97 Å². The molecular formula is C19H19NO5S. The van der Waals surface area contributed by atoms with Crippen molar-refractivity contribution >= 4 is 34.4 Å². The van der Waals surface area contributed by atoms with Crippen LogP contribution in [0.3, 0.4) is 0 Å². The minimum Gasteiger partial charge on any atom is -0.506 e. The first-order valence-electron chi connectivity index (χ1n) is 7.93. The fourth-order valence-electron chi connectivity index (χ4n) is 2.35. The van der Waals surface area contributed by atoms with Crippen LogP contribution in [0.1, 0.15) is 34.8 Å². The van der Waals surface area contributed by atoms with E-state index in [2.05, 4.69) is 5.32 Å². The Balaban J connectivity index is 2.00. The monoisotopic (exact) mass is 373 g/mol. The smallest absolute Gasteiger partial charge is 0.335 e. The van der Waals surface area contributed by atoms with Crippen LogP contribution in [0, 0.1) is 0 Å². The van der Waals surface area contributed by atoms with E-state index in [0.717, 1.165) is 11.1 Å². The number of thioether (sulfide) groups is 1. The van der Waals surface area contributed by atoms with Gasteiger partial charge in [0.25, 0.3) is 0 Å². The number of benzene rings is 2. The van der Waals surface area contributed by atoms with Gasteiger partial charge < -0.3 is 15.5 Å². The maximum absolute atomic E-state index is 12.2. The van der Waals surface area contributed by atoms with Crippen molar-refractivity contribution in [2.24, 2.45) is 0 Å². The number of carbonyl (C=O) groups excluding carboxylic acids is 2. The van der Waals surface area contributed by atoms with Gasteiger partial charge in [-0.05, 0) is 35.7 Å². The van der Waals surface area contributed by atoms with Crippen LogP contribution in [0.5, 0.6) is 5.75 Å². The highest BCUT2D eigenvalue weighted by Crippen LogP contribution is 2.25. The molecule has 0 fully saturated rings. The molecule has 0 aromatic heterocycles. The van der Waals surface area contributed by atoms with E-state index in [1.165, 1.54) is 36.9 Å². The Hall–Kier alpha value is -2.80. The molecule has 0 saturated carbocycles. The Morgan fingerprint density at radius 1 is 1.08 bits per heavy atom. The number of rotatable bonds is 7. The number of phenols is 1. The predicted octanol–water partition coefficient (Wildman–Crippen LogP) is 3.44. The van der Waals surface area contributed by atoms with Crippen molar-refractivity contribution < 1.29 is 24.6 Å². The molecule has 7 heteroatoms. The molecule has 0 atom stereocenters. The number of amides is 1. The van der Waals surface area contributed by atoms with Crippen molar-refractivity contribution in [1.29, 1.82) is 0 Å². The summed E-state index contributed by atoms with van der Waals surface area (Å²) >= 11 is 1.21. The summed E-state index contributed by atoms with van der Waals surface area (Å²) in [5, 5.41) is 21.3. The van der Waals surface area contributed by atoms with Gasteiger partial charge in [0, 0.05) is 19.1 Å². The number of carbonyl (C=O) groups is 3. The number of nitrogens with one attached hydrogen (secondary N) is 1. The van der Waals surface area contributed by atoms with Crippen molar-refractivity contribution in [3.63, 3.8) is 0 Å². The van der Waals surface area contributed by atoms with Gasteiger partial charge in [-0.15, -0.1) is 0 Å². The zero-order valence-electron chi connectivity index (χ0n) is 14.2. The normalized spacial score (nSPS) is 10.3. The summed E-state index contributed by atoms with van der Waals surface area (Å²) in [6, 6.07) is 11.3. The van der Waals surface area contributed by atoms with E-state index in [4.69, 9.17) is 5.11 Å². The summed E-state index contributed by atoms with van der Waals surface area (Å²) in [7, 11) is 0. The molecule has 2 rings (SSSR count). The summed E-state index contributed by atoms with van der Waals surface area (Å²) < 4.78 is 0. The summed E-state index contributed by atoms with van der Waals surface area (Å²) in [6.45, 7) is 1.51. The van der Waals surface area contributed by atoms with Gasteiger partial charge in [-0.3, -0.25) is 9.59 Å². The summed E-state index contributed by atoms with van der Waals surface area (Å²) in [5.74, 6) is -1.12. The van der Waals surface area contributed by atoms with Gasteiger partial charge in [0.1, 0.15) is 5.75 Å². The van der Waals surface area contributed by atoms with E-state index in [0.29, 0.717) is 12.2 Å². The number of hydrogen-bond donors (Lipinski definition) is 3. The van der Waals surface area contributed by atoms with Crippen LogP contribution in [0.15, 0.2) is 42.5 Å². The van der Waals surface area contributed by atoms with Gasteiger partial charge in [0.05, 0.1) is 11.3 Å². The Kier molecular flexibility index (Phi) is 6.80. The van der Waals surface area contributed by atoms with Crippen LogP contribution >= 0.6 is 11.8 Å². The summed E-state index contributed by atoms with van der Waals surface area (Å²) in [4.78, 5) is 34.3. The molecule has 3 N–H and O–H groups in total. The van der Waals surface area contributed by atoms with E-state index in [9.17, 15) is 19.5 Å². The molecule has 2 aromatic carbocycles. The SMILES string of the molecule is CC(=O)SCc1ccccc1CCC(=O)Nc1cc(C(=O)O)ccc1O. The Labute approximate surface area is 155 Å². The predicted molar refractivity (Wildman–Crippen MR) is 100 cm³/mol. The average molecular weight is 373 g/mol. The molecule has 0 aliphatic heterocycles. The fourth-order valence-corrected chi connectivity index (χ4v) is 2.99. The Bertz CT molecular complexity index is 834. The Morgan fingerprint density at radius 3 is 2.42 bits per heavy atom. The van der Waals surface area contributed by atoms with Crippen molar-refractivity contribution in [1.82, 2.24) is 0 Å². The average Bonchev–Trinajstić information content (AvgIpc) is 2.60. The van der Waals surface area contributed by atoms with Gasteiger partial charge in [-0.1, -0.05) is 36.0 Å². The molecule has 0 aliphatic rings. The molecule has 0 radical (unpaired) electrons. The molecule has 0 unspecified atom stereocenters. The lowest BCUT2D eigenvalue weighted by Crippen LogP contribution is -2.13. The van der Waals surface area contributed by atoms with Gasteiger partial charge in [-0.2, -0.15) is 0 Å². The second-order valence-corrected chi connectivity index (χ2v) is 6.79. The van der Waals surface area contributed by atoms with E-state index in [1.54, 1.807) is 0 Å². The molecule has 26 heavy (non-hydrogen) atoms. The minimum absolute atomic E-state index is 0.0234. The first kappa shape index (κ1) is 19.5. The second-order valence-electron chi connectivity index (χ2n) is 5.63. The van der Waals surface area contributed by atoms with Crippen molar-refractivity contribution in [3.05, 3.63) is 59.2 Å². The highest BCUT2D eigenvalue weighted by molar-refractivity contribution is 8.12. The van der Waals surface area contributed by atoms with Crippen molar-refractivity contribution in [2.45, 2.75) is 25.5 Å². The molecule has 0 spiro atoms. The van der Waals surface area contributed by atoms with Crippen LogP contribution in [0.25, 0.3) is 0 Å². The highest BCUT2D eigenvalue weighted by Gasteiger charge is 2.12. The molecule has 0 saturated heterocycles. The molecule has 0 bridgehead atoms.